The Morgan fingerprint density at radius 3 is 2.53 bits per heavy atom. The third-order valence-corrected chi connectivity index (χ3v) is 3.37. The summed E-state index contributed by atoms with van der Waals surface area (Å²) in [6.45, 7) is 4.81. The number of aromatic nitrogens is 3. The minimum atomic E-state index is -3.28. The van der Waals surface area contributed by atoms with E-state index in [1.807, 2.05) is 13.8 Å². The van der Waals surface area contributed by atoms with Crippen molar-refractivity contribution >= 4 is 0 Å². The van der Waals surface area contributed by atoms with E-state index in [1.54, 1.807) is 6.20 Å². The van der Waals surface area contributed by atoms with Gasteiger partial charge in [-0.25, -0.2) is 13.2 Å². The molecule has 17 heavy (non-hydrogen) atoms. The maximum Gasteiger partial charge on any atom is 0.285 e. The van der Waals surface area contributed by atoms with Gasteiger partial charge in [-0.1, -0.05) is 13.8 Å². The van der Waals surface area contributed by atoms with Gasteiger partial charge in [0.05, 0.1) is 24.4 Å². The fraction of sp³-hybridized carbons (Fsp3) is 0.818. The number of halogens is 3. The molecule has 1 aromatic rings. The third kappa shape index (κ3) is 1.93. The standard InChI is InChI=1S/C11H16F3N3/c1-7(2)9-5-15-17(16-9)6-8-4-10(3,12)11(8,13)14/h5,7-8H,4,6H2,1-3H3. The normalized spacial score (nSPS) is 31.6. The van der Waals surface area contributed by atoms with Gasteiger partial charge >= 0.3 is 0 Å². The first-order chi connectivity index (χ1) is 7.74. The van der Waals surface area contributed by atoms with E-state index in [4.69, 9.17) is 0 Å². The average Bonchev–Trinajstić information content (AvgIpc) is 2.65. The molecule has 1 saturated carbocycles. The molecule has 3 nitrogen and oxygen atoms in total. The maximum atomic E-state index is 13.4. The first-order valence-electron chi connectivity index (χ1n) is 5.71. The zero-order valence-electron chi connectivity index (χ0n) is 10.1. The van der Waals surface area contributed by atoms with Crippen LogP contribution < -0.4 is 0 Å². The van der Waals surface area contributed by atoms with E-state index in [9.17, 15) is 13.2 Å². The fourth-order valence-corrected chi connectivity index (χ4v) is 2.06. The number of nitrogens with zero attached hydrogens (tertiary/aromatic N) is 3. The van der Waals surface area contributed by atoms with Crippen molar-refractivity contribution in [3.05, 3.63) is 11.9 Å². The highest BCUT2D eigenvalue weighted by molar-refractivity contribution is 5.06. The van der Waals surface area contributed by atoms with Gasteiger partial charge in [-0.05, 0) is 19.3 Å². The summed E-state index contributed by atoms with van der Waals surface area (Å²) >= 11 is 0. The van der Waals surface area contributed by atoms with E-state index in [0.717, 1.165) is 12.6 Å². The fourth-order valence-electron chi connectivity index (χ4n) is 2.06. The number of rotatable bonds is 3. The minimum Gasteiger partial charge on any atom is -0.238 e. The molecule has 2 rings (SSSR count). The lowest BCUT2D eigenvalue weighted by atomic mass is 9.69. The second kappa shape index (κ2) is 3.71. The summed E-state index contributed by atoms with van der Waals surface area (Å²) < 4.78 is 40.0. The Labute approximate surface area is 98.0 Å². The number of hydrogen-bond donors (Lipinski definition) is 0. The lowest BCUT2D eigenvalue weighted by Crippen LogP contribution is -2.60. The minimum absolute atomic E-state index is 0.0285. The Morgan fingerprint density at radius 1 is 1.47 bits per heavy atom. The van der Waals surface area contributed by atoms with E-state index in [0.29, 0.717) is 0 Å². The molecule has 1 heterocycles. The van der Waals surface area contributed by atoms with E-state index in [2.05, 4.69) is 10.2 Å². The molecule has 0 spiro atoms. The summed E-state index contributed by atoms with van der Waals surface area (Å²) in [7, 11) is 0. The van der Waals surface area contributed by atoms with Gasteiger partial charge in [-0.15, -0.1) is 0 Å². The predicted octanol–water partition coefficient (Wildman–Crippen LogP) is 2.78. The van der Waals surface area contributed by atoms with Crippen LogP contribution in [0.1, 0.15) is 38.8 Å². The van der Waals surface area contributed by atoms with Crippen LogP contribution in [0.3, 0.4) is 0 Å². The van der Waals surface area contributed by atoms with Crippen molar-refractivity contribution in [2.45, 2.75) is 51.2 Å². The average molecular weight is 247 g/mol. The van der Waals surface area contributed by atoms with Crippen LogP contribution in [0.2, 0.25) is 0 Å². The smallest absolute Gasteiger partial charge is 0.238 e. The van der Waals surface area contributed by atoms with Crippen molar-refractivity contribution < 1.29 is 13.2 Å². The summed E-state index contributed by atoms with van der Waals surface area (Å²) in [6.07, 6.45) is 1.43. The summed E-state index contributed by atoms with van der Waals surface area (Å²) in [5, 5.41) is 8.02. The molecule has 1 fully saturated rings. The third-order valence-electron chi connectivity index (χ3n) is 3.37. The van der Waals surface area contributed by atoms with Gasteiger partial charge in [-0.3, -0.25) is 0 Å². The van der Waals surface area contributed by atoms with Crippen molar-refractivity contribution in [1.29, 1.82) is 0 Å². The Bertz CT molecular complexity index is 412. The van der Waals surface area contributed by atoms with Gasteiger partial charge < -0.3 is 0 Å². The topological polar surface area (TPSA) is 30.7 Å². The van der Waals surface area contributed by atoms with E-state index >= 15 is 0 Å². The van der Waals surface area contributed by atoms with Crippen LogP contribution in [0.5, 0.6) is 0 Å². The second-order valence-electron chi connectivity index (χ2n) is 5.20. The highest BCUT2D eigenvalue weighted by atomic mass is 19.3. The summed E-state index contributed by atoms with van der Waals surface area (Å²) in [6, 6.07) is 0. The summed E-state index contributed by atoms with van der Waals surface area (Å²) in [5.41, 5.74) is -1.62. The monoisotopic (exact) mass is 247 g/mol. The molecule has 0 N–H and O–H groups in total. The molecule has 0 amide bonds. The molecule has 0 aromatic carbocycles. The quantitative estimate of drug-likeness (QED) is 0.822. The Balaban J connectivity index is 2.03. The molecule has 0 aliphatic heterocycles. The molecular formula is C11H16F3N3. The molecule has 2 unspecified atom stereocenters. The van der Waals surface area contributed by atoms with Crippen molar-refractivity contribution in [3.8, 4) is 0 Å². The second-order valence-corrected chi connectivity index (χ2v) is 5.20. The lowest BCUT2D eigenvalue weighted by molar-refractivity contribution is -0.252. The molecule has 1 aliphatic rings. The maximum absolute atomic E-state index is 13.4. The Morgan fingerprint density at radius 2 is 2.12 bits per heavy atom. The largest absolute Gasteiger partial charge is 0.285 e. The first kappa shape index (κ1) is 12.4. The van der Waals surface area contributed by atoms with Gasteiger partial charge in [0.1, 0.15) is 0 Å². The molecule has 1 aliphatic carbocycles. The van der Waals surface area contributed by atoms with E-state index < -0.39 is 17.5 Å². The highest BCUT2D eigenvalue weighted by Gasteiger charge is 2.67. The van der Waals surface area contributed by atoms with E-state index in [1.165, 1.54) is 4.80 Å². The Kier molecular flexibility index (Phi) is 2.71. The van der Waals surface area contributed by atoms with Crippen LogP contribution in [0.15, 0.2) is 6.20 Å². The van der Waals surface area contributed by atoms with Gasteiger partial charge in [0.25, 0.3) is 5.92 Å². The SMILES string of the molecule is CC(C)c1cnn(CC2CC(C)(F)C2(F)F)n1. The molecular weight excluding hydrogens is 231 g/mol. The zero-order valence-corrected chi connectivity index (χ0v) is 10.1. The first-order valence-corrected chi connectivity index (χ1v) is 5.71. The molecule has 1 aromatic heterocycles. The van der Waals surface area contributed by atoms with Crippen LogP contribution in [0, 0.1) is 5.92 Å². The Hall–Kier alpha value is -1.07. The summed E-state index contributed by atoms with van der Waals surface area (Å²) in [5.74, 6) is -4.08. The van der Waals surface area contributed by atoms with Gasteiger partial charge in [0.15, 0.2) is 5.67 Å². The van der Waals surface area contributed by atoms with Crippen molar-refractivity contribution in [2.24, 2.45) is 5.92 Å². The van der Waals surface area contributed by atoms with Gasteiger partial charge in [-0.2, -0.15) is 15.0 Å². The van der Waals surface area contributed by atoms with Crippen LogP contribution in [0.25, 0.3) is 0 Å². The molecule has 96 valence electrons. The summed E-state index contributed by atoms with van der Waals surface area (Å²) in [4.78, 5) is 1.24. The van der Waals surface area contributed by atoms with Crippen molar-refractivity contribution in [3.63, 3.8) is 0 Å². The predicted molar refractivity (Wildman–Crippen MR) is 56.7 cm³/mol. The molecule has 0 bridgehead atoms. The highest BCUT2D eigenvalue weighted by Crippen LogP contribution is 2.54. The van der Waals surface area contributed by atoms with Crippen LogP contribution in [0.4, 0.5) is 13.2 Å². The van der Waals surface area contributed by atoms with Crippen molar-refractivity contribution in [1.82, 2.24) is 15.0 Å². The van der Waals surface area contributed by atoms with Crippen molar-refractivity contribution in [2.75, 3.05) is 0 Å². The van der Waals surface area contributed by atoms with Crippen LogP contribution in [-0.2, 0) is 6.54 Å². The van der Waals surface area contributed by atoms with Gasteiger partial charge in [0, 0.05) is 0 Å². The number of alkyl halides is 3. The van der Waals surface area contributed by atoms with E-state index in [-0.39, 0.29) is 18.9 Å². The van der Waals surface area contributed by atoms with Crippen LogP contribution in [-0.4, -0.2) is 26.6 Å². The molecule has 0 saturated heterocycles. The molecule has 0 radical (unpaired) electrons. The van der Waals surface area contributed by atoms with Gasteiger partial charge in [0.2, 0.25) is 0 Å². The zero-order chi connectivity index (χ0) is 12.8. The molecule has 6 heteroatoms. The molecule has 2 atom stereocenters. The number of hydrogen-bond acceptors (Lipinski definition) is 2. The van der Waals surface area contributed by atoms with Crippen LogP contribution >= 0.6 is 0 Å². The lowest BCUT2D eigenvalue weighted by Gasteiger charge is -2.46.